The first kappa shape index (κ1) is 23.7. The molecule has 0 amide bonds. The molecule has 0 atom stereocenters. The second-order valence-electron chi connectivity index (χ2n) is 12.2. The molecule has 0 saturated heterocycles. The smallest absolute Gasteiger partial charge is 0.129 e. The predicted octanol–water partition coefficient (Wildman–Crippen LogP) is 11.5. The van der Waals surface area contributed by atoms with E-state index in [0.717, 1.165) is 55.4 Å². The topological polar surface area (TPSA) is 38.9 Å². The summed E-state index contributed by atoms with van der Waals surface area (Å²) in [5.74, 6) is 0. The van der Waals surface area contributed by atoms with Gasteiger partial charge in [-0.2, -0.15) is 0 Å². The summed E-state index contributed by atoms with van der Waals surface area (Å²) in [6, 6.07) is 38.8. The molecule has 0 N–H and O–H groups in total. The van der Waals surface area contributed by atoms with Crippen molar-refractivity contribution in [2.24, 2.45) is 5.41 Å². The maximum absolute atomic E-state index is 8.21. The minimum atomic E-state index is -2.62. The van der Waals surface area contributed by atoms with Gasteiger partial charge in [-0.3, -0.25) is 0 Å². The minimum absolute atomic E-state index is 0. The number of furan rings is 1. The predicted molar refractivity (Wildman–Crippen MR) is 192 cm³/mol. The Morgan fingerprint density at radius 1 is 0.681 bits per heavy atom. The first-order valence-electron chi connectivity index (χ1n) is 19.1. The zero-order valence-electron chi connectivity index (χ0n) is 34.1. The van der Waals surface area contributed by atoms with Crippen molar-refractivity contribution < 1.29 is 35.5 Å². The minimum Gasteiger partial charge on any atom is -0.500 e. The van der Waals surface area contributed by atoms with Crippen molar-refractivity contribution in [3.63, 3.8) is 0 Å². The van der Waals surface area contributed by atoms with Crippen LogP contribution in [0.2, 0.25) is 0 Å². The monoisotopic (exact) mass is 797 g/mol. The van der Waals surface area contributed by atoms with Crippen LogP contribution in [0.15, 0.2) is 120 Å². The first-order valence-corrected chi connectivity index (χ1v) is 15.1. The van der Waals surface area contributed by atoms with Gasteiger partial charge in [0.15, 0.2) is 0 Å². The largest absolute Gasteiger partial charge is 0.500 e. The van der Waals surface area contributed by atoms with Crippen LogP contribution < -0.4 is 0 Å². The normalized spacial score (nSPS) is 14.8. The zero-order valence-corrected chi connectivity index (χ0v) is 28.5. The molecule has 8 aromatic rings. The molecule has 0 unspecified atom stereocenters. The van der Waals surface area contributed by atoms with Gasteiger partial charge in [-0.1, -0.05) is 104 Å². The van der Waals surface area contributed by atoms with Crippen molar-refractivity contribution >= 4 is 43.5 Å². The third kappa shape index (κ3) is 6.49. The molecule has 0 aliphatic rings. The summed E-state index contributed by atoms with van der Waals surface area (Å²) in [5.41, 5.74) is 3.38. The number of fused-ring (bicyclic) bond motifs is 8. The molecule has 1 radical (unpaired) electrons. The van der Waals surface area contributed by atoms with E-state index in [4.69, 9.17) is 15.4 Å². The van der Waals surface area contributed by atoms with E-state index < -0.39 is 25.5 Å². The van der Waals surface area contributed by atoms with Crippen LogP contribution in [0.5, 0.6) is 0 Å². The summed E-state index contributed by atoms with van der Waals surface area (Å²) in [6.07, 6.45) is 1.35. The summed E-state index contributed by atoms with van der Waals surface area (Å²) in [5, 5.41) is 6.01. The molecule has 0 saturated carbocycles. The molecular weight excluding hydrogens is 753 g/mol. The quantitative estimate of drug-likeness (QED) is 0.132. The average Bonchev–Trinajstić information content (AvgIpc) is 3.55. The molecule has 0 aliphatic heterocycles. The van der Waals surface area contributed by atoms with Crippen molar-refractivity contribution in [1.29, 1.82) is 0 Å². The number of aromatic nitrogens is 2. The maximum atomic E-state index is 8.21. The number of hydrogen-bond donors (Lipinski definition) is 0. The van der Waals surface area contributed by atoms with E-state index in [9.17, 15) is 0 Å². The third-order valence-corrected chi connectivity index (χ3v) is 7.74. The van der Waals surface area contributed by atoms with Crippen LogP contribution in [0, 0.1) is 31.3 Å². The van der Waals surface area contributed by atoms with Crippen LogP contribution >= 0.6 is 0 Å². The Labute approximate surface area is 301 Å². The van der Waals surface area contributed by atoms with E-state index in [1.807, 2.05) is 93.6 Å². The molecule has 0 bridgehead atoms. The van der Waals surface area contributed by atoms with Crippen molar-refractivity contribution in [3.8, 4) is 22.5 Å². The van der Waals surface area contributed by atoms with Gasteiger partial charge in [0.05, 0.1) is 5.58 Å². The molecule has 4 heteroatoms. The summed E-state index contributed by atoms with van der Waals surface area (Å²) >= 11 is 0. The van der Waals surface area contributed by atoms with Crippen molar-refractivity contribution in [2.45, 2.75) is 40.8 Å². The zero-order chi connectivity index (χ0) is 38.6. The third-order valence-electron chi connectivity index (χ3n) is 7.74. The van der Waals surface area contributed by atoms with Gasteiger partial charge in [0.2, 0.25) is 0 Å². The van der Waals surface area contributed by atoms with Crippen LogP contribution in [0.4, 0.5) is 0 Å². The van der Waals surface area contributed by atoms with Gasteiger partial charge in [-0.15, -0.1) is 54.1 Å². The SMILES string of the molecule is [2H]C([2H])([2H])c1cnc(-c2[c-]ccc3c2oc2c4ccccc4c4ccccc4c32)cc1C([2H])([2H])[2H].[2H]C([2H])(c1ccc(-c2[c-]cccc2)nc1)C(C)(C)C.[Ir]. The van der Waals surface area contributed by atoms with E-state index in [-0.39, 0.29) is 31.2 Å². The second kappa shape index (κ2) is 13.2. The number of rotatable bonds is 3. The number of nitrogens with zero attached hydrogens (tertiary/aromatic N) is 2. The average molecular weight is 797 g/mol. The molecular formula is C43H36IrN2O-2. The Kier molecular flexibility index (Phi) is 6.66. The Hall–Kier alpha value is -4.63. The fourth-order valence-corrected chi connectivity index (χ4v) is 5.77. The Morgan fingerprint density at radius 3 is 2.06 bits per heavy atom. The van der Waals surface area contributed by atoms with Crippen LogP contribution in [0.1, 0.15) is 48.4 Å². The molecule has 47 heavy (non-hydrogen) atoms. The Morgan fingerprint density at radius 2 is 1.38 bits per heavy atom. The van der Waals surface area contributed by atoms with Gasteiger partial charge in [0.1, 0.15) is 5.58 Å². The van der Waals surface area contributed by atoms with E-state index >= 15 is 0 Å². The van der Waals surface area contributed by atoms with E-state index in [2.05, 4.69) is 40.3 Å². The van der Waals surface area contributed by atoms with Gasteiger partial charge in [0, 0.05) is 54.2 Å². The van der Waals surface area contributed by atoms with Gasteiger partial charge in [0.25, 0.3) is 0 Å². The number of benzene rings is 5. The van der Waals surface area contributed by atoms with Crippen LogP contribution in [-0.4, -0.2) is 9.97 Å². The van der Waals surface area contributed by atoms with E-state index in [0.29, 0.717) is 22.4 Å². The second-order valence-corrected chi connectivity index (χ2v) is 12.2. The number of pyridine rings is 2. The van der Waals surface area contributed by atoms with Crippen LogP contribution in [0.3, 0.4) is 0 Å². The molecule has 8 rings (SSSR count). The van der Waals surface area contributed by atoms with Gasteiger partial charge in [-0.25, -0.2) is 0 Å². The van der Waals surface area contributed by atoms with Crippen molar-refractivity contribution in [2.75, 3.05) is 0 Å². The molecule has 0 aliphatic carbocycles. The molecule has 0 fully saturated rings. The molecule has 3 heterocycles. The Bertz CT molecular complexity index is 2640. The van der Waals surface area contributed by atoms with Crippen LogP contribution in [-0.2, 0) is 26.5 Å². The fourth-order valence-electron chi connectivity index (χ4n) is 5.77. The molecule has 5 aromatic carbocycles. The summed E-state index contributed by atoms with van der Waals surface area (Å²) in [4.78, 5) is 8.69. The summed E-state index contributed by atoms with van der Waals surface area (Å²) in [6.45, 7) is 0.474. The molecule has 0 spiro atoms. The van der Waals surface area contributed by atoms with Gasteiger partial charge in [-0.05, 0) is 64.2 Å². The number of aryl methyl sites for hydroxylation is 2. The van der Waals surface area contributed by atoms with E-state index in [1.54, 1.807) is 12.3 Å². The van der Waals surface area contributed by atoms with Crippen LogP contribution in [0.25, 0.3) is 66.0 Å². The molecule has 3 nitrogen and oxygen atoms in total. The fraction of sp³-hybridized carbons (Fsp3) is 0.163. The summed E-state index contributed by atoms with van der Waals surface area (Å²) < 4.78 is 69.8. The molecule has 235 valence electrons. The van der Waals surface area contributed by atoms with Gasteiger partial charge < -0.3 is 14.4 Å². The van der Waals surface area contributed by atoms with Crippen molar-refractivity contribution in [3.05, 3.63) is 144 Å². The summed E-state index contributed by atoms with van der Waals surface area (Å²) in [7, 11) is 0. The van der Waals surface area contributed by atoms with Gasteiger partial charge >= 0.3 is 0 Å². The van der Waals surface area contributed by atoms with Crippen molar-refractivity contribution in [1.82, 2.24) is 9.97 Å². The first-order chi connectivity index (χ1) is 25.5. The Balaban J connectivity index is 0.000000219. The maximum Gasteiger partial charge on any atom is 0.129 e. The van der Waals surface area contributed by atoms with E-state index in [1.165, 1.54) is 6.07 Å². The number of hydrogen-bond acceptors (Lipinski definition) is 3. The standard InChI is InChI=1S/C27H18NO.C16H18N.Ir/c1-16-14-24(28-15-17(16)2)22-12-7-13-23-25-20-10-5-3-8-18(20)19-9-4-6-11-21(19)27(25)29-26(22)23;1-16(2,3)11-13-9-10-15(17-12-13)14-7-5-4-6-8-14;/h3-11,13-15H,1-2H3;4-7,9-10,12H,11H2,1-3H3;/q2*-1;/i1D3,2D3;11D2;. The molecule has 3 aromatic heterocycles.